The summed E-state index contributed by atoms with van der Waals surface area (Å²) in [7, 11) is 0. The smallest absolute Gasteiger partial charge is 0.256 e. The summed E-state index contributed by atoms with van der Waals surface area (Å²) in [6, 6.07) is 14.6. The number of nitrogens with one attached hydrogen (secondary N) is 1. The molecule has 5 heteroatoms. The first kappa shape index (κ1) is 16.5. The third kappa shape index (κ3) is 4.86. The largest absolute Gasteiger partial charge is 0.491 e. The molecule has 0 aliphatic carbocycles. The minimum atomic E-state index is -0.155. The summed E-state index contributed by atoms with van der Waals surface area (Å²) in [6.07, 6.45) is 0. The Morgan fingerprint density at radius 2 is 1.82 bits per heavy atom. The van der Waals surface area contributed by atoms with E-state index in [1.807, 2.05) is 49.4 Å². The van der Waals surface area contributed by atoms with Gasteiger partial charge in [-0.2, -0.15) is 0 Å². The van der Waals surface area contributed by atoms with E-state index >= 15 is 0 Å². The fourth-order valence-corrected chi connectivity index (χ4v) is 2.31. The van der Waals surface area contributed by atoms with E-state index in [0.717, 1.165) is 15.9 Å². The van der Waals surface area contributed by atoms with Crippen molar-refractivity contribution in [3.8, 4) is 5.75 Å². The maximum atomic E-state index is 12.2. The lowest BCUT2D eigenvalue weighted by molar-refractivity contribution is 0.102. The Morgan fingerprint density at radius 1 is 1.09 bits per heavy atom. The fourth-order valence-electron chi connectivity index (χ4n) is 1.84. The van der Waals surface area contributed by atoms with E-state index in [-0.39, 0.29) is 5.91 Å². The van der Waals surface area contributed by atoms with Crippen LogP contribution in [0.4, 0.5) is 5.69 Å². The van der Waals surface area contributed by atoms with Crippen molar-refractivity contribution in [3.63, 3.8) is 0 Å². The van der Waals surface area contributed by atoms with Gasteiger partial charge in [-0.05, 0) is 59.3 Å². The lowest BCUT2D eigenvalue weighted by atomic mass is 10.2. The second kappa shape index (κ2) is 8.56. The van der Waals surface area contributed by atoms with Gasteiger partial charge in [-0.3, -0.25) is 4.79 Å². The molecule has 0 aliphatic heterocycles. The highest BCUT2D eigenvalue weighted by atomic mass is 79.9. The molecule has 0 bridgehead atoms. The van der Waals surface area contributed by atoms with Gasteiger partial charge in [0.15, 0.2) is 0 Å². The molecule has 1 amide bonds. The Balaban J connectivity index is 1.91. The number of anilines is 1. The van der Waals surface area contributed by atoms with Crippen LogP contribution in [0.2, 0.25) is 0 Å². The van der Waals surface area contributed by atoms with Crippen LogP contribution in [0.3, 0.4) is 0 Å². The SMILES string of the molecule is CCOCCOc1ccc(NC(=O)c2ccccc2Br)cc1. The van der Waals surface area contributed by atoms with Gasteiger partial charge in [-0.15, -0.1) is 0 Å². The molecule has 2 aromatic carbocycles. The summed E-state index contributed by atoms with van der Waals surface area (Å²) in [6.45, 7) is 3.71. The summed E-state index contributed by atoms with van der Waals surface area (Å²) in [5, 5.41) is 2.85. The molecule has 116 valence electrons. The van der Waals surface area contributed by atoms with Crippen molar-refractivity contribution in [2.45, 2.75) is 6.92 Å². The predicted octanol–water partition coefficient (Wildman–Crippen LogP) is 4.12. The van der Waals surface area contributed by atoms with E-state index in [0.29, 0.717) is 25.4 Å². The monoisotopic (exact) mass is 363 g/mol. The van der Waals surface area contributed by atoms with Crippen molar-refractivity contribution in [1.82, 2.24) is 0 Å². The quantitative estimate of drug-likeness (QED) is 0.752. The Hall–Kier alpha value is -1.85. The molecular weight excluding hydrogens is 346 g/mol. The zero-order valence-electron chi connectivity index (χ0n) is 12.3. The van der Waals surface area contributed by atoms with E-state index in [9.17, 15) is 4.79 Å². The molecule has 0 saturated heterocycles. The van der Waals surface area contributed by atoms with Crippen LogP contribution in [-0.2, 0) is 4.74 Å². The lowest BCUT2D eigenvalue weighted by Gasteiger charge is -2.09. The van der Waals surface area contributed by atoms with Gasteiger partial charge in [0.05, 0.1) is 12.2 Å². The van der Waals surface area contributed by atoms with Crippen molar-refractivity contribution in [3.05, 3.63) is 58.6 Å². The molecule has 2 aromatic rings. The van der Waals surface area contributed by atoms with Crippen LogP contribution in [0.15, 0.2) is 53.0 Å². The van der Waals surface area contributed by atoms with E-state index in [2.05, 4.69) is 21.2 Å². The number of benzene rings is 2. The number of ether oxygens (including phenoxy) is 2. The first-order valence-corrected chi connectivity index (χ1v) is 7.86. The maximum absolute atomic E-state index is 12.2. The van der Waals surface area contributed by atoms with Crippen LogP contribution in [0.25, 0.3) is 0 Å². The first-order chi connectivity index (χ1) is 10.7. The number of carbonyl (C=O) groups is 1. The van der Waals surface area contributed by atoms with Crippen LogP contribution >= 0.6 is 15.9 Å². The second-order valence-electron chi connectivity index (χ2n) is 4.50. The van der Waals surface area contributed by atoms with E-state index < -0.39 is 0 Å². The molecule has 0 aromatic heterocycles. The predicted molar refractivity (Wildman–Crippen MR) is 90.5 cm³/mol. The maximum Gasteiger partial charge on any atom is 0.256 e. The first-order valence-electron chi connectivity index (χ1n) is 7.07. The molecule has 0 spiro atoms. The Labute approximate surface area is 138 Å². The zero-order valence-corrected chi connectivity index (χ0v) is 13.9. The van der Waals surface area contributed by atoms with E-state index in [4.69, 9.17) is 9.47 Å². The van der Waals surface area contributed by atoms with Crippen molar-refractivity contribution < 1.29 is 14.3 Å². The van der Waals surface area contributed by atoms with Crippen molar-refractivity contribution in [2.75, 3.05) is 25.1 Å². The Morgan fingerprint density at radius 3 is 2.50 bits per heavy atom. The number of rotatable bonds is 7. The molecular formula is C17H18BrNO3. The molecule has 4 nitrogen and oxygen atoms in total. The standard InChI is InChI=1S/C17H18BrNO3/c1-2-21-11-12-22-14-9-7-13(8-10-14)19-17(20)15-5-3-4-6-16(15)18/h3-10H,2,11-12H2,1H3,(H,19,20). The molecule has 0 atom stereocenters. The highest BCUT2D eigenvalue weighted by molar-refractivity contribution is 9.10. The van der Waals surface area contributed by atoms with E-state index in [1.165, 1.54) is 0 Å². The highest BCUT2D eigenvalue weighted by Crippen LogP contribution is 2.19. The average Bonchev–Trinajstić information content (AvgIpc) is 2.53. The van der Waals surface area contributed by atoms with Crippen molar-refractivity contribution in [2.24, 2.45) is 0 Å². The summed E-state index contributed by atoms with van der Waals surface area (Å²) in [5.74, 6) is 0.594. The Kier molecular flexibility index (Phi) is 6.43. The van der Waals surface area contributed by atoms with Gasteiger partial charge in [0, 0.05) is 16.8 Å². The molecule has 22 heavy (non-hydrogen) atoms. The zero-order chi connectivity index (χ0) is 15.8. The number of hydrogen-bond acceptors (Lipinski definition) is 3. The molecule has 1 N–H and O–H groups in total. The molecule has 0 saturated carbocycles. The topological polar surface area (TPSA) is 47.6 Å². The minimum Gasteiger partial charge on any atom is -0.491 e. The van der Waals surface area contributed by atoms with Gasteiger partial charge in [0.1, 0.15) is 12.4 Å². The fraction of sp³-hybridized carbons (Fsp3) is 0.235. The summed E-state index contributed by atoms with van der Waals surface area (Å²) in [5.41, 5.74) is 1.32. The lowest BCUT2D eigenvalue weighted by Crippen LogP contribution is -2.12. The molecule has 0 aliphatic rings. The number of carbonyl (C=O) groups excluding carboxylic acids is 1. The number of amides is 1. The second-order valence-corrected chi connectivity index (χ2v) is 5.36. The van der Waals surface area contributed by atoms with Crippen molar-refractivity contribution >= 4 is 27.5 Å². The third-order valence-corrected chi connectivity index (χ3v) is 3.62. The molecule has 0 fully saturated rings. The van der Waals surface area contributed by atoms with Crippen LogP contribution in [-0.4, -0.2) is 25.7 Å². The highest BCUT2D eigenvalue weighted by Gasteiger charge is 2.09. The third-order valence-electron chi connectivity index (χ3n) is 2.93. The Bertz CT molecular complexity index is 614. The molecule has 0 heterocycles. The number of halogens is 1. The minimum absolute atomic E-state index is 0.155. The van der Waals surface area contributed by atoms with Crippen LogP contribution in [0, 0.1) is 0 Å². The summed E-state index contributed by atoms with van der Waals surface area (Å²) >= 11 is 3.37. The van der Waals surface area contributed by atoms with Gasteiger partial charge in [-0.1, -0.05) is 12.1 Å². The van der Waals surface area contributed by atoms with Gasteiger partial charge < -0.3 is 14.8 Å². The van der Waals surface area contributed by atoms with Gasteiger partial charge in [0.2, 0.25) is 0 Å². The van der Waals surface area contributed by atoms with E-state index in [1.54, 1.807) is 6.07 Å². The van der Waals surface area contributed by atoms with Crippen LogP contribution in [0.1, 0.15) is 17.3 Å². The van der Waals surface area contributed by atoms with Gasteiger partial charge >= 0.3 is 0 Å². The average molecular weight is 364 g/mol. The van der Waals surface area contributed by atoms with Gasteiger partial charge in [0.25, 0.3) is 5.91 Å². The molecule has 0 radical (unpaired) electrons. The molecule has 0 unspecified atom stereocenters. The summed E-state index contributed by atoms with van der Waals surface area (Å²) < 4.78 is 11.5. The van der Waals surface area contributed by atoms with Gasteiger partial charge in [-0.25, -0.2) is 0 Å². The van der Waals surface area contributed by atoms with Crippen LogP contribution < -0.4 is 10.1 Å². The normalized spacial score (nSPS) is 10.3. The summed E-state index contributed by atoms with van der Waals surface area (Å²) in [4.78, 5) is 12.2. The number of hydrogen-bond donors (Lipinski definition) is 1. The molecule has 2 rings (SSSR count). The van der Waals surface area contributed by atoms with Crippen LogP contribution in [0.5, 0.6) is 5.75 Å². The van der Waals surface area contributed by atoms with Crippen molar-refractivity contribution in [1.29, 1.82) is 0 Å².